The fraction of sp³-hybridized carbons (Fsp3) is 0.606. The number of hydrogen-bond donors (Lipinski definition) is 1. The summed E-state index contributed by atoms with van der Waals surface area (Å²) in [6, 6.07) is 18.0. The Kier molecular flexibility index (Phi) is 21.1. The Morgan fingerprint density at radius 1 is 0.610 bits per heavy atom. The van der Waals surface area contributed by atoms with Gasteiger partial charge in [0.2, 0.25) is 0 Å². The van der Waals surface area contributed by atoms with Crippen molar-refractivity contribution >= 4 is 6.09 Å². The number of rotatable bonds is 26. The molecule has 0 radical (unpaired) electrons. The molecule has 0 aromatic heterocycles. The molecule has 0 saturated heterocycles. The second kappa shape index (κ2) is 25.1. The van der Waals surface area contributed by atoms with Crippen molar-refractivity contribution in [2.45, 2.75) is 64.9 Å². The van der Waals surface area contributed by atoms with Gasteiger partial charge in [0.15, 0.2) is 0 Å². The van der Waals surface area contributed by atoms with E-state index in [2.05, 4.69) is 24.4 Å². The van der Waals surface area contributed by atoms with Crippen molar-refractivity contribution in [3.05, 3.63) is 65.7 Å². The molecule has 2 aromatic rings. The number of nitrogens with one attached hydrogen (secondary N) is 1. The van der Waals surface area contributed by atoms with Gasteiger partial charge in [-0.2, -0.15) is 0 Å². The quantitative estimate of drug-likeness (QED) is 0.131. The molecule has 0 unspecified atom stereocenters. The monoisotopic (exact) mass is 573 g/mol. The Hall–Kier alpha value is -2.65. The van der Waals surface area contributed by atoms with Crippen LogP contribution in [0.5, 0.6) is 5.75 Å². The van der Waals surface area contributed by atoms with Crippen LogP contribution in [0.1, 0.15) is 63.0 Å². The molecule has 1 amide bonds. The molecular weight excluding hydrogens is 522 g/mol. The molecule has 0 fully saturated rings. The van der Waals surface area contributed by atoms with Gasteiger partial charge in [0.25, 0.3) is 0 Å². The van der Waals surface area contributed by atoms with Crippen molar-refractivity contribution < 1.29 is 33.2 Å². The highest BCUT2D eigenvalue weighted by molar-refractivity contribution is 5.67. The number of aryl methyl sites for hydroxylation is 1. The smallest absolute Gasteiger partial charge is 0.407 e. The number of ether oxygens (including phenoxy) is 6. The molecule has 0 heterocycles. The highest BCUT2D eigenvalue weighted by Crippen LogP contribution is 2.15. The van der Waals surface area contributed by atoms with E-state index in [1.807, 2.05) is 42.5 Å². The summed E-state index contributed by atoms with van der Waals surface area (Å²) in [4.78, 5) is 11.6. The van der Waals surface area contributed by atoms with Crippen molar-refractivity contribution in [1.29, 1.82) is 0 Å². The van der Waals surface area contributed by atoms with Gasteiger partial charge in [0.05, 0.1) is 52.9 Å². The largest absolute Gasteiger partial charge is 0.491 e. The lowest BCUT2D eigenvalue weighted by Crippen LogP contribution is -2.28. The van der Waals surface area contributed by atoms with E-state index in [9.17, 15) is 4.79 Å². The maximum absolute atomic E-state index is 11.6. The van der Waals surface area contributed by atoms with Crippen LogP contribution in [0.15, 0.2) is 54.6 Å². The Bertz CT molecular complexity index is 864. The number of carbonyl (C=O) groups is 1. The SMILES string of the molecule is CCCCCCCCCc1ccc(OCCOCCOCCOCCOCCNC(=O)OCc2ccccc2)cc1. The Morgan fingerprint density at radius 3 is 1.80 bits per heavy atom. The van der Waals surface area contributed by atoms with E-state index in [4.69, 9.17) is 28.4 Å². The van der Waals surface area contributed by atoms with Gasteiger partial charge in [0, 0.05) is 6.54 Å². The number of benzene rings is 2. The normalized spacial score (nSPS) is 11.0. The first-order valence-electron chi connectivity index (χ1n) is 15.2. The number of hydrogen-bond acceptors (Lipinski definition) is 7. The minimum atomic E-state index is -0.457. The van der Waals surface area contributed by atoms with Gasteiger partial charge in [-0.15, -0.1) is 0 Å². The van der Waals surface area contributed by atoms with Gasteiger partial charge in [-0.1, -0.05) is 87.9 Å². The predicted molar refractivity (Wildman–Crippen MR) is 162 cm³/mol. The van der Waals surface area contributed by atoms with Crippen molar-refractivity contribution in [3.63, 3.8) is 0 Å². The number of unbranched alkanes of at least 4 members (excludes halogenated alkanes) is 6. The summed E-state index contributed by atoms with van der Waals surface area (Å²) >= 11 is 0. The van der Waals surface area contributed by atoms with Crippen LogP contribution in [-0.4, -0.2) is 72.1 Å². The topological polar surface area (TPSA) is 84.5 Å². The van der Waals surface area contributed by atoms with Gasteiger partial charge < -0.3 is 33.7 Å². The van der Waals surface area contributed by atoms with Gasteiger partial charge in [0.1, 0.15) is 19.0 Å². The summed E-state index contributed by atoms with van der Waals surface area (Å²) in [5.41, 5.74) is 2.32. The third kappa shape index (κ3) is 20.0. The summed E-state index contributed by atoms with van der Waals surface area (Å²) in [6.07, 6.45) is 10.1. The van der Waals surface area contributed by atoms with Gasteiger partial charge in [-0.3, -0.25) is 0 Å². The molecule has 2 rings (SSSR count). The average molecular weight is 574 g/mol. The molecule has 0 aliphatic rings. The van der Waals surface area contributed by atoms with E-state index in [-0.39, 0.29) is 6.61 Å². The standard InChI is InChI=1S/C33H51NO7/c1-2-3-4-5-6-7-9-12-30-15-17-32(18-16-30)40-28-27-39-26-25-38-24-23-37-22-21-36-20-19-34-33(35)41-29-31-13-10-8-11-14-31/h8,10-11,13-18H,2-7,9,12,19-29H2,1H3,(H,34,35). The van der Waals surface area contributed by atoms with E-state index in [0.29, 0.717) is 66.0 Å². The Morgan fingerprint density at radius 2 is 1.17 bits per heavy atom. The molecule has 0 aliphatic carbocycles. The third-order valence-electron chi connectivity index (χ3n) is 6.33. The fourth-order valence-corrected chi connectivity index (χ4v) is 4.02. The van der Waals surface area contributed by atoms with E-state index >= 15 is 0 Å². The van der Waals surface area contributed by atoms with Gasteiger partial charge in [-0.25, -0.2) is 4.79 Å². The van der Waals surface area contributed by atoms with Crippen molar-refractivity contribution in [1.82, 2.24) is 5.32 Å². The van der Waals surface area contributed by atoms with E-state index in [1.165, 1.54) is 50.5 Å². The van der Waals surface area contributed by atoms with Crippen LogP contribution in [0.2, 0.25) is 0 Å². The molecular formula is C33H51NO7. The number of alkyl carbamates (subject to hydrolysis) is 1. The predicted octanol–water partition coefficient (Wildman–Crippen LogP) is 6.35. The molecule has 0 saturated carbocycles. The molecule has 41 heavy (non-hydrogen) atoms. The molecule has 0 spiro atoms. The lowest BCUT2D eigenvalue weighted by Gasteiger charge is -2.09. The molecule has 1 N–H and O–H groups in total. The lowest BCUT2D eigenvalue weighted by atomic mass is 10.0. The summed E-state index contributed by atoms with van der Waals surface area (Å²) in [6.45, 7) is 7.27. The average Bonchev–Trinajstić information content (AvgIpc) is 3.00. The zero-order chi connectivity index (χ0) is 29.1. The van der Waals surface area contributed by atoms with Crippen LogP contribution in [0, 0.1) is 0 Å². The zero-order valence-electron chi connectivity index (χ0n) is 25.0. The lowest BCUT2D eigenvalue weighted by molar-refractivity contribution is -0.00428. The van der Waals surface area contributed by atoms with E-state index < -0.39 is 6.09 Å². The van der Waals surface area contributed by atoms with Crippen molar-refractivity contribution in [3.8, 4) is 5.75 Å². The molecule has 0 bridgehead atoms. The summed E-state index contributed by atoms with van der Waals surface area (Å²) in [5, 5.41) is 2.65. The summed E-state index contributed by atoms with van der Waals surface area (Å²) in [5.74, 6) is 0.881. The maximum atomic E-state index is 11.6. The van der Waals surface area contributed by atoms with Crippen LogP contribution in [0.3, 0.4) is 0 Å². The molecule has 230 valence electrons. The zero-order valence-corrected chi connectivity index (χ0v) is 25.0. The number of amides is 1. The van der Waals surface area contributed by atoms with Crippen LogP contribution in [0.4, 0.5) is 4.79 Å². The second-order valence-corrected chi connectivity index (χ2v) is 9.80. The molecule has 0 aliphatic heterocycles. The Balaban J connectivity index is 1.28. The van der Waals surface area contributed by atoms with Crippen LogP contribution in [-0.2, 0) is 36.7 Å². The molecule has 8 nitrogen and oxygen atoms in total. The van der Waals surface area contributed by atoms with Crippen molar-refractivity contribution in [2.24, 2.45) is 0 Å². The van der Waals surface area contributed by atoms with Crippen LogP contribution >= 0.6 is 0 Å². The van der Waals surface area contributed by atoms with E-state index in [1.54, 1.807) is 0 Å². The Labute approximate surface area is 247 Å². The second-order valence-electron chi connectivity index (χ2n) is 9.80. The first kappa shape index (κ1) is 34.6. The van der Waals surface area contributed by atoms with E-state index in [0.717, 1.165) is 17.7 Å². The first-order valence-corrected chi connectivity index (χ1v) is 15.2. The van der Waals surface area contributed by atoms with Gasteiger partial charge >= 0.3 is 6.09 Å². The maximum Gasteiger partial charge on any atom is 0.407 e. The molecule has 0 atom stereocenters. The fourth-order valence-electron chi connectivity index (χ4n) is 4.02. The number of carbonyl (C=O) groups excluding carboxylic acids is 1. The summed E-state index contributed by atoms with van der Waals surface area (Å²) < 4.78 is 32.9. The minimum Gasteiger partial charge on any atom is -0.491 e. The van der Waals surface area contributed by atoms with Crippen molar-refractivity contribution in [2.75, 3.05) is 66.0 Å². The van der Waals surface area contributed by atoms with Crippen LogP contribution < -0.4 is 10.1 Å². The highest BCUT2D eigenvalue weighted by Gasteiger charge is 2.02. The highest BCUT2D eigenvalue weighted by atomic mass is 16.6. The molecule has 8 heteroatoms. The first-order chi connectivity index (χ1) is 20.3. The minimum absolute atomic E-state index is 0.248. The van der Waals surface area contributed by atoms with Gasteiger partial charge in [-0.05, 0) is 36.1 Å². The summed E-state index contributed by atoms with van der Waals surface area (Å²) in [7, 11) is 0. The molecule has 2 aromatic carbocycles. The third-order valence-corrected chi connectivity index (χ3v) is 6.33. The van der Waals surface area contributed by atoms with Crippen LogP contribution in [0.25, 0.3) is 0 Å².